The lowest BCUT2D eigenvalue weighted by atomic mass is 10.1. The lowest BCUT2D eigenvalue weighted by molar-refractivity contribution is 0.193. The first-order valence-electron chi connectivity index (χ1n) is 7.30. The van der Waals surface area contributed by atoms with Crippen molar-refractivity contribution in [1.82, 2.24) is 29.8 Å². The molecule has 1 saturated heterocycles. The Morgan fingerprint density at radius 3 is 2.95 bits per heavy atom. The molecular formula is C15H16N6O. The lowest BCUT2D eigenvalue weighted by Gasteiger charge is -2.13. The van der Waals surface area contributed by atoms with Crippen molar-refractivity contribution in [2.75, 3.05) is 13.2 Å². The quantitative estimate of drug-likeness (QED) is 0.735. The summed E-state index contributed by atoms with van der Waals surface area (Å²) in [6, 6.07) is 8.11. The Bertz CT molecular complexity index is 787. The molecule has 0 amide bonds. The molecule has 0 spiro atoms. The van der Waals surface area contributed by atoms with E-state index in [9.17, 15) is 0 Å². The molecule has 112 valence electrons. The monoisotopic (exact) mass is 296 g/mol. The van der Waals surface area contributed by atoms with Crippen LogP contribution in [0.15, 0.2) is 36.7 Å². The fourth-order valence-electron chi connectivity index (χ4n) is 2.82. The van der Waals surface area contributed by atoms with Crippen molar-refractivity contribution in [1.29, 1.82) is 0 Å². The summed E-state index contributed by atoms with van der Waals surface area (Å²) in [6.07, 6.45) is 4.84. The van der Waals surface area contributed by atoms with Crippen LogP contribution in [0.3, 0.4) is 0 Å². The highest BCUT2D eigenvalue weighted by molar-refractivity contribution is 5.44. The van der Waals surface area contributed by atoms with Gasteiger partial charge in [0, 0.05) is 30.6 Å². The fourth-order valence-corrected chi connectivity index (χ4v) is 2.82. The van der Waals surface area contributed by atoms with E-state index in [4.69, 9.17) is 4.74 Å². The highest BCUT2D eigenvalue weighted by Crippen LogP contribution is 2.26. The summed E-state index contributed by atoms with van der Waals surface area (Å²) in [5.74, 6) is 2.16. The molecule has 1 aliphatic heterocycles. The van der Waals surface area contributed by atoms with E-state index in [1.807, 2.05) is 31.5 Å². The van der Waals surface area contributed by atoms with Crippen LogP contribution in [0.1, 0.15) is 24.0 Å². The van der Waals surface area contributed by atoms with E-state index in [0.29, 0.717) is 5.92 Å². The van der Waals surface area contributed by atoms with Gasteiger partial charge in [0.05, 0.1) is 12.3 Å². The third-order valence-corrected chi connectivity index (χ3v) is 3.94. The van der Waals surface area contributed by atoms with Crippen LogP contribution in [0.4, 0.5) is 0 Å². The third-order valence-electron chi connectivity index (χ3n) is 3.94. The molecule has 0 radical (unpaired) electrons. The highest BCUT2D eigenvalue weighted by Gasteiger charge is 2.22. The molecule has 0 N–H and O–H groups in total. The maximum absolute atomic E-state index is 5.49. The number of aromatic nitrogens is 6. The molecule has 1 atom stereocenters. The number of nitrogens with zero attached hydrogens (tertiary/aromatic N) is 6. The van der Waals surface area contributed by atoms with E-state index in [1.165, 1.54) is 0 Å². The molecule has 0 saturated carbocycles. The zero-order valence-corrected chi connectivity index (χ0v) is 12.3. The first-order chi connectivity index (χ1) is 10.8. The van der Waals surface area contributed by atoms with Gasteiger partial charge in [0.25, 0.3) is 0 Å². The number of tetrazole rings is 1. The van der Waals surface area contributed by atoms with Crippen molar-refractivity contribution >= 4 is 0 Å². The molecule has 4 rings (SSSR count). The molecule has 0 aliphatic carbocycles. The molecule has 1 aliphatic rings. The third kappa shape index (κ3) is 2.19. The summed E-state index contributed by atoms with van der Waals surface area (Å²) in [6.45, 7) is 3.43. The molecular weight excluding hydrogens is 280 g/mol. The summed E-state index contributed by atoms with van der Waals surface area (Å²) in [5.41, 5.74) is 1.98. The van der Waals surface area contributed by atoms with Gasteiger partial charge in [0.15, 0.2) is 5.82 Å². The predicted octanol–water partition coefficient (Wildman–Crippen LogP) is 1.66. The predicted molar refractivity (Wildman–Crippen MR) is 79.2 cm³/mol. The van der Waals surface area contributed by atoms with Gasteiger partial charge in [-0.25, -0.2) is 4.98 Å². The van der Waals surface area contributed by atoms with Crippen molar-refractivity contribution in [3.05, 3.63) is 48.3 Å². The highest BCUT2D eigenvalue weighted by atomic mass is 16.5. The minimum Gasteiger partial charge on any atom is -0.381 e. The van der Waals surface area contributed by atoms with Crippen LogP contribution in [-0.2, 0) is 4.74 Å². The number of benzene rings is 1. The van der Waals surface area contributed by atoms with Gasteiger partial charge in [-0.1, -0.05) is 6.07 Å². The minimum atomic E-state index is 0.355. The summed E-state index contributed by atoms with van der Waals surface area (Å²) in [5, 5.41) is 11.6. The standard InChI is InChI=1S/C15H16N6O/c1-11-17-18-19-21(11)14-4-2-3-13(9-14)20-7-6-16-15(20)12-5-8-22-10-12/h2-4,6-7,9,12H,5,8,10H2,1H3/t12-/m0/s1. The Balaban J connectivity index is 1.75. The largest absolute Gasteiger partial charge is 0.381 e. The number of imidazole rings is 1. The molecule has 3 heterocycles. The smallest absolute Gasteiger partial charge is 0.153 e. The molecule has 3 aromatic rings. The summed E-state index contributed by atoms with van der Waals surface area (Å²) in [4.78, 5) is 4.52. The molecule has 7 heteroatoms. The minimum absolute atomic E-state index is 0.355. The first-order valence-corrected chi connectivity index (χ1v) is 7.30. The number of hydrogen-bond donors (Lipinski definition) is 0. The maximum atomic E-state index is 5.49. The van der Waals surface area contributed by atoms with Gasteiger partial charge in [-0.3, -0.25) is 0 Å². The molecule has 1 aromatic carbocycles. The lowest BCUT2D eigenvalue weighted by Crippen LogP contribution is -2.08. The van der Waals surface area contributed by atoms with Crippen LogP contribution in [0.25, 0.3) is 11.4 Å². The molecule has 22 heavy (non-hydrogen) atoms. The Labute approximate surface area is 127 Å². The van der Waals surface area contributed by atoms with E-state index >= 15 is 0 Å². The zero-order valence-electron chi connectivity index (χ0n) is 12.3. The van der Waals surface area contributed by atoms with Gasteiger partial charge >= 0.3 is 0 Å². The molecule has 1 fully saturated rings. The number of aryl methyl sites for hydroxylation is 1. The van der Waals surface area contributed by atoms with Gasteiger partial charge in [-0.2, -0.15) is 4.68 Å². The van der Waals surface area contributed by atoms with Crippen molar-refractivity contribution < 1.29 is 4.74 Å². The van der Waals surface area contributed by atoms with Crippen molar-refractivity contribution in [3.63, 3.8) is 0 Å². The van der Waals surface area contributed by atoms with E-state index < -0.39 is 0 Å². The van der Waals surface area contributed by atoms with Crippen LogP contribution in [0.2, 0.25) is 0 Å². The average molecular weight is 296 g/mol. The van der Waals surface area contributed by atoms with E-state index in [0.717, 1.165) is 42.7 Å². The van der Waals surface area contributed by atoms with Crippen LogP contribution in [0.5, 0.6) is 0 Å². The number of ether oxygens (including phenoxy) is 1. The topological polar surface area (TPSA) is 70.7 Å². The zero-order chi connectivity index (χ0) is 14.9. The van der Waals surface area contributed by atoms with Gasteiger partial charge in [-0.15, -0.1) is 5.10 Å². The SMILES string of the molecule is Cc1nnnn1-c1cccc(-n2ccnc2[C@H]2CCOC2)c1. The van der Waals surface area contributed by atoms with Gasteiger partial charge in [0.2, 0.25) is 0 Å². The van der Waals surface area contributed by atoms with Crippen LogP contribution < -0.4 is 0 Å². The Hall–Kier alpha value is -2.54. The van der Waals surface area contributed by atoms with Crippen LogP contribution >= 0.6 is 0 Å². The second-order valence-corrected chi connectivity index (χ2v) is 5.37. The van der Waals surface area contributed by atoms with Crippen molar-refractivity contribution in [3.8, 4) is 11.4 Å². The van der Waals surface area contributed by atoms with Gasteiger partial charge in [-0.05, 0) is 42.0 Å². The fraction of sp³-hybridized carbons (Fsp3) is 0.333. The van der Waals surface area contributed by atoms with Crippen molar-refractivity contribution in [2.45, 2.75) is 19.3 Å². The van der Waals surface area contributed by atoms with E-state index in [2.05, 4.69) is 37.2 Å². The van der Waals surface area contributed by atoms with Gasteiger partial charge in [0.1, 0.15) is 5.82 Å². The second kappa shape index (κ2) is 5.34. The second-order valence-electron chi connectivity index (χ2n) is 5.37. The molecule has 7 nitrogen and oxygen atoms in total. The number of rotatable bonds is 3. The Morgan fingerprint density at radius 1 is 1.27 bits per heavy atom. The summed E-state index contributed by atoms with van der Waals surface area (Å²) < 4.78 is 9.32. The average Bonchev–Trinajstić information content (AvgIpc) is 3.28. The van der Waals surface area contributed by atoms with E-state index in [1.54, 1.807) is 4.68 Å². The molecule has 0 bridgehead atoms. The molecule has 0 unspecified atom stereocenters. The van der Waals surface area contributed by atoms with Crippen molar-refractivity contribution in [2.24, 2.45) is 0 Å². The Kier molecular flexibility index (Phi) is 3.19. The van der Waals surface area contributed by atoms with E-state index in [-0.39, 0.29) is 0 Å². The summed E-state index contributed by atoms with van der Waals surface area (Å²) in [7, 11) is 0. The maximum Gasteiger partial charge on any atom is 0.153 e. The first kappa shape index (κ1) is 13.1. The van der Waals surface area contributed by atoms with Crippen LogP contribution in [-0.4, -0.2) is 43.0 Å². The van der Waals surface area contributed by atoms with Crippen LogP contribution in [0, 0.1) is 6.92 Å². The normalized spacial score (nSPS) is 18.0. The summed E-state index contributed by atoms with van der Waals surface area (Å²) >= 11 is 0. The van der Waals surface area contributed by atoms with Gasteiger partial charge < -0.3 is 9.30 Å². The number of hydrogen-bond acceptors (Lipinski definition) is 5. The Morgan fingerprint density at radius 2 is 2.18 bits per heavy atom. The molecule has 2 aromatic heterocycles.